The van der Waals surface area contributed by atoms with E-state index in [4.69, 9.17) is 5.11 Å². The van der Waals surface area contributed by atoms with Crippen molar-refractivity contribution in [1.82, 2.24) is 5.32 Å². The molecule has 0 atom stereocenters. The Morgan fingerprint density at radius 2 is 2.26 bits per heavy atom. The van der Waals surface area contributed by atoms with Gasteiger partial charge in [0.25, 0.3) is 5.69 Å². The van der Waals surface area contributed by atoms with Gasteiger partial charge in [0.1, 0.15) is 11.4 Å². The molecule has 0 saturated carbocycles. The summed E-state index contributed by atoms with van der Waals surface area (Å²) in [5.74, 6) is 2.64. The van der Waals surface area contributed by atoms with E-state index in [1.807, 2.05) is 0 Å². The van der Waals surface area contributed by atoms with Gasteiger partial charge in [0.05, 0.1) is 10.5 Å². The number of carboxylic acid groups (broad SMARTS) is 1. The van der Waals surface area contributed by atoms with Gasteiger partial charge in [-0.1, -0.05) is 11.8 Å². The molecule has 0 unspecified atom stereocenters. The van der Waals surface area contributed by atoms with E-state index in [-0.39, 0.29) is 5.56 Å². The van der Waals surface area contributed by atoms with Crippen molar-refractivity contribution >= 4 is 11.7 Å². The van der Waals surface area contributed by atoms with Crippen LogP contribution in [0, 0.1) is 27.8 Å². The fraction of sp³-hybridized carbons (Fsp3) is 0.250. The minimum atomic E-state index is -1.56. The van der Waals surface area contributed by atoms with Crippen LogP contribution in [0.2, 0.25) is 0 Å². The molecule has 0 spiro atoms. The van der Waals surface area contributed by atoms with Crippen LogP contribution in [0.4, 0.5) is 10.1 Å². The number of carboxylic acids is 1. The number of hydrogen-bond donors (Lipinski definition) is 2. The van der Waals surface area contributed by atoms with Gasteiger partial charge < -0.3 is 10.4 Å². The molecule has 0 fully saturated rings. The number of nitro benzene ring substituents is 1. The SMILES string of the molecule is CNCCC#Cc1cc([N+](=O)[O-])c(C(=O)O)cc1F. The highest BCUT2D eigenvalue weighted by Crippen LogP contribution is 2.22. The third kappa shape index (κ3) is 3.76. The van der Waals surface area contributed by atoms with Gasteiger partial charge in [0.15, 0.2) is 0 Å². The Labute approximate surface area is 108 Å². The summed E-state index contributed by atoms with van der Waals surface area (Å²) in [6, 6.07) is 1.45. The summed E-state index contributed by atoms with van der Waals surface area (Å²) < 4.78 is 13.6. The molecule has 1 rings (SSSR count). The van der Waals surface area contributed by atoms with E-state index in [2.05, 4.69) is 17.2 Å². The third-order valence-electron chi connectivity index (χ3n) is 2.24. The molecule has 0 radical (unpaired) electrons. The van der Waals surface area contributed by atoms with Crippen molar-refractivity contribution in [1.29, 1.82) is 0 Å². The number of rotatable bonds is 4. The molecule has 0 aliphatic carbocycles. The summed E-state index contributed by atoms with van der Waals surface area (Å²) in [7, 11) is 1.73. The summed E-state index contributed by atoms with van der Waals surface area (Å²) in [6.45, 7) is 0.601. The van der Waals surface area contributed by atoms with Crippen LogP contribution in [0.25, 0.3) is 0 Å². The number of aromatic carboxylic acids is 1. The van der Waals surface area contributed by atoms with E-state index in [0.29, 0.717) is 19.0 Å². The Bertz CT molecular complexity index is 575. The van der Waals surface area contributed by atoms with Crippen molar-refractivity contribution < 1.29 is 19.2 Å². The molecule has 6 nitrogen and oxygen atoms in total. The van der Waals surface area contributed by atoms with Crippen LogP contribution in [0.1, 0.15) is 22.3 Å². The van der Waals surface area contributed by atoms with Gasteiger partial charge in [-0.05, 0) is 13.1 Å². The van der Waals surface area contributed by atoms with E-state index in [9.17, 15) is 19.3 Å². The first-order valence-corrected chi connectivity index (χ1v) is 5.32. The third-order valence-corrected chi connectivity index (χ3v) is 2.24. The van der Waals surface area contributed by atoms with Crippen LogP contribution in [0.5, 0.6) is 0 Å². The van der Waals surface area contributed by atoms with E-state index >= 15 is 0 Å². The van der Waals surface area contributed by atoms with Crippen molar-refractivity contribution in [3.63, 3.8) is 0 Å². The average molecular weight is 266 g/mol. The van der Waals surface area contributed by atoms with Crippen molar-refractivity contribution in [2.24, 2.45) is 0 Å². The Hall–Kier alpha value is -2.46. The number of nitrogens with one attached hydrogen (secondary N) is 1. The topological polar surface area (TPSA) is 92.5 Å². The molecule has 0 aromatic heterocycles. The maximum absolute atomic E-state index is 13.6. The Kier molecular flexibility index (Phi) is 4.97. The largest absolute Gasteiger partial charge is 0.477 e. The first kappa shape index (κ1) is 14.6. The first-order valence-electron chi connectivity index (χ1n) is 5.32. The molecule has 0 aliphatic rings. The zero-order valence-corrected chi connectivity index (χ0v) is 10.1. The van der Waals surface area contributed by atoms with Crippen LogP contribution >= 0.6 is 0 Å². The van der Waals surface area contributed by atoms with Gasteiger partial charge in [0, 0.05) is 19.0 Å². The maximum Gasteiger partial charge on any atom is 0.342 e. The highest BCUT2D eigenvalue weighted by molar-refractivity contribution is 5.92. The number of benzene rings is 1. The monoisotopic (exact) mass is 266 g/mol. The fourth-order valence-corrected chi connectivity index (χ4v) is 1.33. The summed E-state index contributed by atoms with van der Waals surface area (Å²) in [5.41, 5.74) is -1.55. The molecule has 0 heterocycles. The summed E-state index contributed by atoms with van der Waals surface area (Å²) in [4.78, 5) is 20.6. The van der Waals surface area contributed by atoms with Gasteiger partial charge in [0.2, 0.25) is 0 Å². The Balaban J connectivity index is 3.20. The minimum absolute atomic E-state index is 0.187. The molecule has 0 aliphatic heterocycles. The number of halogens is 1. The maximum atomic E-state index is 13.6. The second-order valence-corrected chi connectivity index (χ2v) is 3.57. The number of nitrogens with zero attached hydrogens (tertiary/aromatic N) is 1. The fourth-order valence-electron chi connectivity index (χ4n) is 1.33. The first-order chi connectivity index (χ1) is 8.97. The lowest BCUT2D eigenvalue weighted by Gasteiger charge is -2.00. The van der Waals surface area contributed by atoms with E-state index in [1.165, 1.54) is 0 Å². The molecule has 2 N–H and O–H groups in total. The van der Waals surface area contributed by atoms with E-state index < -0.39 is 28.0 Å². The van der Waals surface area contributed by atoms with Crippen molar-refractivity contribution in [3.8, 4) is 11.8 Å². The van der Waals surface area contributed by atoms with Crippen LogP contribution in [0.15, 0.2) is 12.1 Å². The second-order valence-electron chi connectivity index (χ2n) is 3.57. The number of nitro groups is 1. The lowest BCUT2D eigenvalue weighted by Crippen LogP contribution is -2.06. The van der Waals surface area contributed by atoms with Gasteiger partial charge in [-0.2, -0.15) is 0 Å². The molecular formula is C12H11FN2O4. The smallest absolute Gasteiger partial charge is 0.342 e. The van der Waals surface area contributed by atoms with Gasteiger partial charge >= 0.3 is 5.97 Å². The normalized spacial score (nSPS) is 9.58. The van der Waals surface area contributed by atoms with Gasteiger partial charge in [-0.25, -0.2) is 9.18 Å². The Morgan fingerprint density at radius 3 is 2.79 bits per heavy atom. The Morgan fingerprint density at radius 1 is 1.58 bits per heavy atom. The summed E-state index contributed by atoms with van der Waals surface area (Å²) >= 11 is 0. The molecule has 1 aromatic rings. The highest BCUT2D eigenvalue weighted by Gasteiger charge is 2.22. The van der Waals surface area contributed by atoms with Crippen LogP contribution < -0.4 is 5.32 Å². The summed E-state index contributed by atoms with van der Waals surface area (Å²) in [6.07, 6.45) is 0.449. The molecule has 0 amide bonds. The van der Waals surface area contributed by atoms with E-state index in [1.54, 1.807) is 7.05 Å². The quantitative estimate of drug-likeness (QED) is 0.372. The zero-order chi connectivity index (χ0) is 14.4. The van der Waals surface area contributed by atoms with Crippen molar-refractivity contribution in [3.05, 3.63) is 39.2 Å². The van der Waals surface area contributed by atoms with Gasteiger partial charge in [-0.15, -0.1) is 0 Å². The lowest BCUT2D eigenvalue weighted by molar-refractivity contribution is -0.385. The molecule has 0 saturated heterocycles. The molecule has 1 aromatic carbocycles. The standard InChI is InChI=1S/C12H11FN2O4/c1-14-5-3-2-4-8-6-11(15(18)19)9(12(16)17)7-10(8)13/h6-7,14H,3,5H2,1H3,(H,16,17). The van der Waals surface area contributed by atoms with Crippen molar-refractivity contribution in [2.45, 2.75) is 6.42 Å². The summed E-state index contributed by atoms with van der Waals surface area (Å²) in [5, 5.41) is 22.3. The number of hydrogen-bond acceptors (Lipinski definition) is 4. The molecular weight excluding hydrogens is 255 g/mol. The molecule has 100 valence electrons. The molecule has 0 bridgehead atoms. The van der Waals surface area contributed by atoms with Gasteiger partial charge in [-0.3, -0.25) is 10.1 Å². The predicted molar refractivity (Wildman–Crippen MR) is 65.4 cm³/mol. The van der Waals surface area contributed by atoms with Crippen LogP contribution in [0.3, 0.4) is 0 Å². The van der Waals surface area contributed by atoms with Crippen molar-refractivity contribution in [2.75, 3.05) is 13.6 Å². The zero-order valence-electron chi connectivity index (χ0n) is 10.1. The molecule has 7 heteroatoms. The highest BCUT2D eigenvalue weighted by atomic mass is 19.1. The van der Waals surface area contributed by atoms with Crippen LogP contribution in [-0.4, -0.2) is 29.6 Å². The second kappa shape index (κ2) is 6.47. The van der Waals surface area contributed by atoms with E-state index in [0.717, 1.165) is 6.07 Å². The predicted octanol–water partition coefficient (Wildman–Crippen LogP) is 1.39. The molecule has 19 heavy (non-hydrogen) atoms. The van der Waals surface area contributed by atoms with Crippen LogP contribution in [-0.2, 0) is 0 Å². The average Bonchev–Trinajstić information content (AvgIpc) is 2.35. The number of carbonyl (C=O) groups is 1. The lowest BCUT2D eigenvalue weighted by atomic mass is 10.1. The minimum Gasteiger partial charge on any atom is -0.477 e.